The molecule has 6 heteroatoms. The molecule has 2 aromatic rings. The lowest BCUT2D eigenvalue weighted by molar-refractivity contribution is 0.206. The number of ether oxygens (including phenoxy) is 3. The van der Waals surface area contributed by atoms with Gasteiger partial charge in [0.1, 0.15) is 17.2 Å². The Hall–Kier alpha value is -2.89. The second kappa shape index (κ2) is 9.56. The molecule has 26 heavy (non-hydrogen) atoms. The molecule has 0 bridgehead atoms. The van der Waals surface area contributed by atoms with Crippen molar-refractivity contribution in [3.63, 3.8) is 0 Å². The van der Waals surface area contributed by atoms with Gasteiger partial charge < -0.3 is 24.4 Å². The van der Waals surface area contributed by atoms with Crippen LogP contribution >= 0.6 is 0 Å². The summed E-state index contributed by atoms with van der Waals surface area (Å²) in [6.07, 6.45) is 0.700. The molecule has 0 aliphatic rings. The van der Waals surface area contributed by atoms with Crippen LogP contribution in [0.3, 0.4) is 0 Å². The Morgan fingerprint density at radius 1 is 0.962 bits per heavy atom. The first-order valence-corrected chi connectivity index (χ1v) is 8.40. The summed E-state index contributed by atoms with van der Waals surface area (Å²) >= 11 is 0. The van der Waals surface area contributed by atoms with Crippen molar-refractivity contribution in [3.8, 4) is 17.2 Å². The number of nitrogens with one attached hydrogen (secondary N) is 1. The summed E-state index contributed by atoms with van der Waals surface area (Å²) in [4.78, 5) is 14.0. The zero-order valence-corrected chi connectivity index (χ0v) is 15.7. The molecule has 2 aromatic carbocycles. The predicted molar refractivity (Wildman–Crippen MR) is 101 cm³/mol. The minimum absolute atomic E-state index is 0.148. The molecule has 140 valence electrons. The van der Waals surface area contributed by atoms with E-state index in [0.717, 1.165) is 28.4 Å². The Bertz CT molecular complexity index is 734. The number of nitrogens with zero attached hydrogens (tertiary/aromatic N) is 1. The average molecular weight is 358 g/mol. The minimum Gasteiger partial charge on any atom is -0.497 e. The number of urea groups is 1. The summed E-state index contributed by atoms with van der Waals surface area (Å²) in [7, 11) is 6.61. The van der Waals surface area contributed by atoms with E-state index in [9.17, 15) is 4.79 Å². The molecule has 0 radical (unpaired) electrons. The molecule has 0 saturated heterocycles. The number of carbonyl (C=O) groups is 1. The van der Waals surface area contributed by atoms with E-state index in [1.165, 1.54) is 0 Å². The van der Waals surface area contributed by atoms with E-state index >= 15 is 0 Å². The van der Waals surface area contributed by atoms with E-state index in [1.54, 1.807) is 33.3 Å². The van der Waals surface area contributed by atoms with Gasteiger partial charge in [-0.25, -0.2) is 4.79 Å². The maximum atomic E-state index is 12.4. The first-order chi connectivity index (χ1) is 12.6. The van der Waals surface area contributed by atoms with Gasteiger partial charge in [-0.15, -0.1) is 0 Å². The molecule has 0 heterocycles. The van der Waals surface area contributed by atoms with Crippen LogP contribution < -0.4 is 19.5 Å². The fourth-order valence-corrected chi connectivity index (χ4v) is 2.68. The van der Waals surface area contributed by atoms with Gasteiger partial charge in [0, 0.05) is 19.2 Å². The molecule has 2 rings (SSSR count). The highest BCUT2D eigenvalue weighted by Crippen LogP contribution is 2.25. The number of benzene rings is 2. The van der Waals surface area contributed by atoms with Gasteiger partial charge in [0.05, 0.1) is 27.9 Å². The number of hydrogen-bond acceptors (Lipinski definition) is 4. The number of methoxy groups -OCH3 is 3. The second-order valence-electron chi connectivity index (χ2n) is 5.83. The van der Waals surface area contributed by atoms with Crippen molar-refractivity contribution in [1.82, 2.24) is 10.2 Å². The smallest absolute Gasteiger partial charge is 0.317 e. The first-order valence-electron chi connectivity index (χ1n) is 8.40. The molecule has 0 atom stereocenters. The van der Waals surface area contributed by atoms with Crippen molar-refractivity contribution in [2.45, 2.75) is 13.0 Å². The van der Waals surface area contributed by atoms with Crippen LogP contribution in [0.2, 0.25) is 0 Å². The zero-order chi connectivity index (χ0) is 18.9. The molecule has 0 saturated carbocycles. The maximum Gasteiger partial charge on any atom is 0.317 e. The first kappa shape index (κ1) is 19.4. The average Bonchev–Trinajstić information content (AvgIpc) is 2.68. The van der Waals surface area contributed by atoms with Gasteiger partial charge in [0.25, 0.3) is 0 Å². The van der Waals surface area contributed by atoms with Crippen LogP contribution in [-0.2, 0) is 13.0 Å². The Morgan fingerprint density at radius 2 is 1.65 bits per heavy atom. The SMILES string of the molecule is COc1ccc(OC)c(CN(C)C(=O)NCCc2ccccc2OC)c1. The molecule has 0 aromatic heterocycles. The second-order valence-corrected chi connectivity index (χ2v) is 5.83. The highest BCUT2D eigenvalue weighted by Gasteiger charge is 2.13. The third-order valence-electron chi connectivity index (χ3n) is 4.10. The van der Waals surface area contributed by atoms with Crippen molar-refractivity contribution in [1.29, 1.82) is 0 Å². The lowest BCUT2D eigenvalue weighted by atomic mass is 10.1. The maximum absolute atomic E-state index is 12.4. The monoisotopic (exact) mass is 358 g/mol. The van der Waals surface area contributed by atoms with Crippen LogP contribution in [0.4, 0.5) is 4.79 Å². The number of rotatable bonds is 8. The lowest BCUT2D eigenvalue weighted by Gasteiger charge is -2.20. The Morgan fingerprint density at radius 3 is 2.35 bits per heavy atom. The minimum atomic E-state index is -0.148. The zero-order valence-electron chi connectivity index (χ0n) is 15.7. The van der Waals surface area contributed by atoms with Gasteiger partial charge in [0.2, 0.25) is 0 Å². The number of carbonyl (C=O) groups excluding carboxylic acids is 1. The number of para-hydroxylation sites is 1. The fourth-order valence-electron chi connectivity index (χ4n) is 2.68. The Balaban J connectivity index is 1.91. The molecule has 1 N–H and O–H groups in total. The largest absolute Gasteiger partial charge is 0.497 e. The molecule has 0 aliphatic heterocycles. The lowest BCUT2D eigenvalue weighted by Crippen LogP contribution is -2.37. The topological polar surface area (TPSA) is 60.0 Å². The molecule has 2 amide bonds. The van der Waals surface area contributed by atoms with Crippen LogP contribution in [0.1, 0.15) is 11.1 Å². The molecular formula is C20H26N2O4. The highest BCUT2D eigenvalue weighted by atomic mass is 16.5. The summed E-state index contributed by atoms with van der Waals surface area (Å²) in [5.74, 6) is 2.28. The van der Waals surface area contributed by atoms with Crippen LogP contribution in [0, 0.1) is 0 Å². The van der Waals surface area contributed by atoms with Crippen molar-refractivity contribution in [2.24, 2.45) is 0 Å². The van der Waals surface area contributed by atoms with E-state index < -0.39 is 0 Å². The third-order valence-corrected chi connectivity index (χ3v) is 4.10. The number of hydrogen-bond donors (Lipinski definition) is 1. The van der Waals surface area contributed by atoms with Crippen molar-refractivity contribution < 1.29 is 19.0 Å². The van der Waals surface area contributed by atoms with E-state index in [1.807, 2.05) is 42.5 Å². The van der Waals surface area contributed by atoms with Crippen LogP contribution in [0.5, 0.6) is 17.2 Å². The van der Waals surface area contributed by atoms with Crippen molar-refractivity contribution >= 4 is 6.03 Å². The van der Waals surface area contributed by atoms with E-state index in [2.05, 4.69) is 5.32 Å². The van der Waals surface area contributed by atoms with Gasteiger partial charge in [-0.3, -0.25) is 0 Å². The quantitative estimate of drug-likeness (QED) is 0.788. The molecule has 0 fully saturated rings. The highest BCUT2D eigenvalue weighted by molar-refractivity contribution is 5.74. The van der Waals surface area contributed by atoms with Gasteiger partial charge in [-0.2, -0.15) is 0 Å². The number of amides is 2. The van der Waals surface area contributed by atoms with Crippen LogP contribution in [0.25, 0.3) is 0 Å². The van der Waals surface area contributed by atoms with E-state index in [-0.39, 0.29) is 6.03 Å². The van der Waals surface area contributed by atoms with Crippen molar-refractivity contribution in [3.05, 3.63) is 53.6 Å². The third kappa shape index (κ3) is 5.05. The van der Waals surface area contributed by atoms with Gasteiger partial charge in [-0.1, -0.05) is 18.2 Å². The van der Waals surface area contributed by atoms with Gasteiger partial charge in [-0.05, 0) is 36.2 Å². The van der Waals surface area contributed by atoms with E-state index in [0.29, 0.717) is 19.5 Å². The summed E-state index contributed by atoms with van der Waals surface area (Å²) in [6.45, 7) is 0.944. The van der Waals surface area contributed by atoms with Gasteiger partial charge in [0.15, 0.2) is 0 Å². The van der Waals surface area contributed by atoms with Crippen molar-refractivity contribution in [2.75, 3.05) is 34.9 Å². The van der Waals surface area contributed by atoms with E-state index in [4.69, 9.17) is 14.2 Å². The standard InChI is InChI=1S/C20H26N2O4/c1-22(14-16-13-17(24-2)9-10-19(16)26-4)20(23)21-12-11-15-7-5-6-8-18(15)25-3/h5-10,13H,11-12,14H2,1-4H3,(H,21,23). The Kier molecular flexibility index (Phi) is 7.14. The summed E-state index contributed by atoms with van der Waals surface area (Å²) in [6, 6.07) is 13.2. The fraction of sp³-hybridized carbons (Fsp3) is 0.350. The van der Waals surface area contributed by atoms with Gasteiger partial charge >= 0.3 is 6.03 Å². The Labute approximate surface area is 154 Å². The molecular weight excluding hydrogens is 332 g/mol. The predicted octanol–water partition coefficient (Wildman–Crippen LogP) is 3.10. The molecule has 6 nitrogen and oxygen atoms in total. The molecule has 0 spiro atoms. The molecule has 0 unspecified atom stereocenters. The summed E-state index contributed by atoms with van der Waals surface area (Å²) in [5.41, 5.74) is 1.95. The van der Waals surface area contributed by atoms with Crippen LogP contribution in [-0.4, -0.2) is 45.9 Å². The normalized spacial score (nSPS) is 10.2. The molecule has 0 aliphatic carbocycles. The summed E-state index contributed by atoms with van der Waals surface area (Å²) in [5, 5.41) is 2.93. The summed E-state index contributed by atoms with van der Waals surface area (Å²) < 4.78 is 15.9. The van der Waals surface area contributed by atoms with Crippen LogP contribution in [0.15, 0.2) is 42.5 Å².